The molecule has 1 heterocycles. The lowest BCUT2D eigenvalue weighted by atomic mass is 10.1. The minimum atomic E-state index is 0.0468. The number of carbonyl (C=O) groups is 1. The summed E-state index contributed by atoms with van der Waals surface area (Å²) in [5.41, 5.74) is 5.02. The molecule has 0 bridgehead atoms. The second-order valence-corrected chi connectivity index (χ2v) is 9.61. The molecule has 1 aliphatic rings. The molecule has 0 atom stereocenters. The molecule has 0 N–H and O–H groups in total. The van der Waals surface area contributed by atoms with Gasteiger partial charge in [0.2, 0.25) is 0 Å². The van der Waals surface area contributed by atoms with E-state index in [0.29, 0.717) is 31.0 Å². The predicted molar refractivity (Wildman–Crippen MR) is 157 cm³/mol. The summed E-state index contributed by atoms with van der Waals surface area (Å²) >= 11 is 0. The van der Waals surface area contributed by atoms with Crippen molar-refractivity contribution in [1.29, 1.82) is 0 Å². The van der Waals surface area contributed by atoms with Gasteiger partial charge in [0, 0.05) is 43.9 Å². The van der Waals surface area contributed by atoms with Crippen molar-refractivity contribution in [2.24, 2.45) is 0 Å². The number of nitrogens with zero attached hydrogens (tertiary/aromatic N) is 2. The van der Waals surface area contributed by atoms with Crippen molar-refractivity contribution in [3.8, 4) is 22.6 Å². The molecule has 0 aliphatic carbocycles. The summed E-state index contributed by atoms with van der Waals surface area (Å²) in [6.45, 7) is 4.34. The SMILES string of the molecule is COc1ccc(C(=O)N2CCN(C/C=C/c3ccccc3)CC2)cc1COc1ccc(-c2ccccc2)cc1. The van der Waals surface area contributed by atoms with E-state index in [1.165, 1.54) is 11.1 Å². The number of methoxy groups -OCH3 is 1. The molecule has 1 fully saturated rings. The minimum Gasteiger partial charge on any atom is -0.496 e. The fourth-order valence-electron chi connectivity index (χ4n) is 4.78. The van der Waals surface area contributed by atoms with Gasteiger partial charge in [-0.15, -0.1) is 0 Å². The standard InChI is InChI=1S/C34H34N2O3/c1-38-33-19-16-30(25-31(33)26-39-32-17-14-29(15-18-32)28-12-6-3-7-13-28)34(37)36-23-21-35(22-24-36)20-8-11-27-9-4-2-5-10-27/h2-19,25H,20-24,26H2,1H3/b11-8+. The molecule has 5 rings (SSSR count). The van der Waals surface area contributed by atoms with Crippen molar-refractivity contribution >= 4 is 12.0 Å². The quantitative estimate of drug-likeness (QED) is 0.257. The van der Waals surface area contributed by atoms with Crippen LogP contribution < -0.4 is 9.47 Å². The third kappa shape index (κ3) is 6.95. The van der Waals surface area contributed by atoms with E-state index in [0.717, 1.165) is 36.5 Å². The third-order valence-corrected chi connectivity index (χ3v) is 7.02. The first-order valence-electron chi connectivity index (χ1n) is 13.4. The summed E-state index contributed by atoms with van der Waals surface area (Å²) in [4.78, 5) is 17.6. The van der Waals surface area contributed by atoms with Crippen molar-refractivity contribution in [2.45, 2.75) is 6.61 Å². The van der Waals surface area contributed by atoms with Crippen LogP contribution in [0.15, 0.2) is 109 Å². The summed E-state index contributed by atoms with van der Waals surface area (Å²) in [5.74, 6) is 1.53. The van der Waals surface area contributed by atoms with E-state index in [4.69, 9.17) is 9.47 Å². The third-order valence-electron chi connectivity index (χ3n) is 7.02. The lowest BCUT2D eigenvalue weighted by Crippen LogP contribution is -2.48. The van der Waals surface area contributed by atoms with Gasteiger partial charge in [0.15, 0.2) is 0 Å². The summed E-state index contributed by atoms with van der Waals surface area (Å²) in [7, 11) is 1.64. The first kappa shape index (κ1) is 26.3. The Morgan fingerprint density at radius 3 is 2.15 bits per heavy atom. The van der Waals surface area contributed by atoms with E-state index in [1.54, 1.807) is 7.11 Å². The fourth-order valence-corrected chi connectivity index (χ4v) is 4.78. The second-order valence-electron chi connectivity index (χ2n) is 9.61. The van der Waals surface area contributed by atoms with Crippen LogP contribution in [-0.4, -0.2) is 55.5 Å². The maximum Gasteiger partial charge on any atom is 0.253 e. The highest BCUT2D eigenvalue weighted by Crippen LogP contribution is 2.26. The number of carbonyl (C=O) groups excluding carboxylic acids is 1. The molecular formula is C34H34N2O3. The lowest BCUT2D eigenvalue weighted by Gasteiger charge is -2.34. The molecule has 0 unspecified atom stereocenters. The van der Waals surface area contributed by atoms with Gasteiger partial charge < -0.3 is 14.4 Å². The van der Waals surface area contributed by atoms with Gasteiger partial charge in [-0.3, -0.25) is 9.69 Å². The first-order chi connectivity index (χ1) is 19.2. The van der Waals surface area contributed by atoms with E-state index in [9.17, 15) is 4.79 Å². The van der Waals surface area contributed by atoms with Gasteiger partial charge in [-0.25, -0.2) is 0 Å². The molecule has 4 aromatic carbocycles. The second kappa shape index (κ2) is 12.9. The molecule has 4 aromatic rings. The zero-order chi connectivity index (χ0) is 26.9. The van der Waals surface area contributed by atoms with Crippen LogP contribution in [0.1, 0.15) is 21.5 Å². The Morgan fingerprint density at radius 1 is 0.795 bits per heavy atom. The summed E-state index contributed by atoms with van der Waals surface area (Å²) in [6.07, 6.45) is 4.34. The molecule has 0 saturated carbocycles. The average molecular weight is 519 g/mol. The molecule has 0 radical (unpaired) electrons. The zero-order valence-electron chi connectivity index (χ0n) is 22.3. The van der Waals surface area contributed by atoms with E-state index in [2.05, 4.69) is 53.5 Å². The van der Waals surface area contributed by atoms with Gasteiger partial charge in [0.05, 0.1) is 7.11 Å². The van der Waals surface area contributed by atoms with Crippen LogP contribution in [0, 0.1) is 0 Å². The van der Waals surface area contributed by atoms with E-state index in [-0.39, 0.29) is 5.91 Å². The highest BCUT2D eigenvalue weighted by molar-refractivity contribution is 5.94. The van der Waals surface area contributed by atoms with Crippen molar-refractivity contribution < 1.29 is 14.3 Å². The minimum absolute atomic E-state index is 0.0468. The van der Waals surface area contributed by atoms with E-state index < -0.39 is 0 Å². The number of amides is 1. The number of benzene rings is 4. The Hall–Kier alpha value is -4.35. The van der Waals surface area contributed by atoms with Gasteiger partial charge in [-0.05, 0) is 47.0 Å². The van der Waals surface area contributed by atoms with E-state index >= 15 is 0 Å². The fraction of sp³-hybridized carbons (Fsp3) is 0.206. The average Bonchev–Trinajstić information content (AvgIpc) is 3.01. The van der Waals surface area contributed by atoms with Crippen molar-refractivity contribution in [3.63, 3.8) is 0 Å². The van der Waals surface area contributed by atoms with Crippen LogP contribution in [0.4, 0.5) is 0 Å². The Bertz CT molecular complexity index is 1380. The molecule has 1 aliphatic heterocycles. The monoisotopic (exact) mass is 518 g/mol. The maximum atomic E-state index is 13.3. The predicted octanol–water partition coefficient (Wildman–Crippen LogP) is 6.41. The molecule has 5 nitrogen and oxygen atoms in total. The topological polar surface area (TPSA) is 42.0 Å². The normalized spacial score (nSPS) is 13.9. The number of hydrogen-bond donors (Lipinski definition) is 0. The molecule has 198 valence electrons. The Morgan fingerprint density at radius 2 is 1.46 bits per heavy atom. The van der Waals surface area contributed by atoms with Crippen molar-refractivity contribution in [2.75, 3.05) is 39.8 Å². The largest absolute Gasteiger partial charge is 0.496 e. The van der Waals surface area contributed by atoms with Crippen LogP contribution in [0.2, 0.25) is 0 Å². The van der Waals surface area contributed by atoms with Gasteiger partial charge in [0.25, 0.3) is 5.91 Å². The molecular weight excluding hydrogens is 484 g/mol. The highest BCUT2D eigenvalue weighted by atomic mass is 16.5. The Balaban J connectivity index is 1.16. The molecule has 0 spiro atoms. The van der Waals surface area contributed by atoms with Gasteiger partial charge in [0.1, 0.15) is 18.1 Å². The Labute approximate surface area is 230 Å². The zero-order valence-corrected chi connectivity index (χ0v) is 22.3. The maximum absolute atomic E-state index is 13.3. The molecule has 0 aromatic heterocycles. The summed E-state index contributed by atoms with van der Waals surface area (Å²) in [6, 6.07) is 34.2. The highest BCUT2D eigenvalue weighted by Gasteiger charge is 2.22. The first-order valence-corrected chi connectivity index (χ1v) is 13.4. The van der Waals surface area contributed by atoms with Gasteiger partial charge in [-0.1, -0.05) is 84.9 Å². The van der Waals surface area contributed by atoms with Crippen LogP contribution in [0.25, 0.3) is 17.2 Å². The van der Waals surface area contributed by atoms with Crippen LogP contribution in [-0.2, 0) is 6.61 Å². The van der Waals surface area contributed by atoms with Crippen LogP contribution in [0.5, 0.6) is 11.5 Å². The van der Waals surface area contributed by atoms with Gasteiger partial charge in [-0.2, -0.15) is 0 Å². The summed E-state index contributed by atoms with van der Waals surface area (Å²) in [5, 5.41) is 0. The number of hydrogen-bond acceptors (Lipinski definition) is 4. The van der Waals surface area contributed by atoms with Crippen molar-refractivity contribution in [1.82, 2.24) is 9.80 Å². The molecule has 5 heteroatoms. The lowest BCUT2D eigenvalue weighted by molar-refractivity contribution is 0.0650. The molecule has 39 heavy (non-hydrogen) atoms. The molecule has 1 amide bonds. The summed E-state index contributed by atoms with van der Waals surface area (Å²) < 4.78 is 11.6. The number of ether oxygens (including phenoxy) is 2. The molecule has 1 saturated heterocycles. The van der Waals surface area contributed by atoms with Gasteiger partial charge >= 0.3 is 0 Å². The Kier molecular flexibility index (Phi) is 8.71. The number of piperazine rings is 1. The van der Waals surface area contributed by atoms with Crippen LogP contribution in [0.3, 0.4) is 0 Å². The number of rotatable bonds is 9. The van der Waals surface area contributed by atoms with Crippen molar-refractivity contribution in [3.05, 3.63) is 126 Å². The van der Waals surface area contributed by atoms with Crippen LogP contribution >= 0.6 is 0 Å². The smallest absolute Gasteiger partial charge is 0.253 e. The van der Waals surface area contributed by atoms with E-state index in [1.807, 2.05) is 71.6 Å².